The molecule has 2 fully saturated rings. The van der Waals surface area contributed by atoms with Crippen LogP contribution in [0.25, 0.3) is 0 Å². The fraction of sp³-hybridized carbons (Fsp3) is 0.450. The number of para-hydroxylation sites is 1. The number of piperidine rings is 1. The molecule has 1 aromatic carbocycles. The Labute approximate surface area is 163 Å². The van der Waals surface area contributed by atoms with Crippen molar-refractivity contribution in [1.82, 2.24) is 20.0 Å². The van der Waals surface area contributed by atoms with E-state index < -0.39 is 11.9 Å². The molecule has 0 saturated carbocycles. The Balaban J connectivity index is 1.46. The molecule has 8 heteroatoms. The van der Waals surface area contributed by atoms with Crippen molar-refractivity contribution in [3.05, 3.63) is 48.0 Å². The summed E-state index contributed by atoms with van der Waals surface area (Å²) >= 11 is 0. The largest absolute Gasteiger partial charge is 0.328 e. The van der Waals surface area contributed by atoms with E-state index >= 15 is 0 Å². The van der Waals surface area contributed by atoms with Gasteiger partial charge in [-0.1, -0.05) is 12.1 Å². The number of aromatic nitrogens is 2. The maximum absolute atomic E-state index is 14.1. The van der Waals surface area contributed by atoms with Crippen molar-refractivity contribution in [3.8, 4) is 0 Å². The Morgan fingerprint density at radius 2 is 2.11 bits per heavy atom. The van der Waals surface area contributed by atoms with Crippen LogP contribution >= 0.6 is 0 Å². The molecule has 2 atom stereocenters. The van der Waals surface area contributed by atoms with Gasteiger partial charge in [-0.2, -0.15) is 5.10 Å². The van der Waals surface area contributed by atoms with Gasteiger partial charge in [0.05, 0.1) is 11.7 Å². The van der Waals surface area contributed by atoms with Crippen LogP contribution in [0.4, 0.5) is 10.1 Å². The first-order valence-electron chi connectivity index (χ1n) is 9.65. The van der Waals surface area contributed by atoms with Gasteiger partial charge in [0.15, 0.2) is 0 Å². The number of halogens is 1. The lowest BCUT2D eigenvalue weighted by Crippen LogP contribution is -2.43. The maximum Gasteiger partial charge on any atom is 0.274 e. The third kappa shape index (κ3) is 3.40. The van der Waals surface area contributed by atoms with E-state index in [9.17, 15) is 14.0 Å². The Morgan fingerprint density at radius 1 is 1.29 bits per heavy atom. The molecule has 2 saturated heterocycles. The molecule has 1 aromatic heterocycles. The summed E-state index contributed by atoms with van der Waals surface area (Å²) in [6, 6.07) is 7.51. The molecule has 1 N–H and O–H groups in total. The van der Waals surface area contributed by atoms with Crippen molar-refractivity contribution in [1.29, 1.82) is 0 Å². The number of anilines is 1. The number of rotatable bonds is 4. The second kappa shape index (κ2) is 7.71. The summed E-state index contributed by atoms with van der Waals surface area (Å²) in [6.07, 6.45) is 4.39. The zero-order valence-corrected chi connectivity index (χ0v) is 15.8. The van der Waals surface area contributed by atoms with Gasteiger partial charge in [-0.15, -0.1) is 0 Å². The quantitative estimate of drug-likeness (QED) is 0.872. The van der Waals surface area contributed by atoms with E-state index in [0.717, 1.165) is 25.9 Å². The number of benzene rings is 1. The second-order valence-corrected chi connectivity index (χ2v) is 7.34. The predicted molar refractivity (Wildman–Crippen MR) is 103 cm³/mol. The fourth-order valence-electron chi connectivity index (χ4n) is 3.97. The fourth-order valence-corrected chi connectivity index (χ4v) is 3.97. The maximum atomic E-state index is 14.1. The van der Waals surface area contributed by atoms with Crippen molar-refractivity contribution in [3.63, 3.8) is 0 Å². The minimum atomic E-state index is -0.617. The van der Waals surface area contributed by atoms with Crippen molar-refractivity contribution >= 4 is 17.5 Å². The van der Waals surface area contributed by atoms with Crippen molar-refractivity contribution in [2.75, 3.05) is 31.6 Å². The van der Waals surface area contributed by atoms with Gasteiger partial charge in [0.25, 0.3) is 5.91 Å². The Morgan fingerprint density at radius 3 is 2.86 bits per heavy atom. The number of hydrogen-bond donors (Lipinski definition) is 1. The van der Waals surface area contributed by atoms with Gasteiger partial charge in [-0.3, -0.25) is 14.3 Å². The third-order valence-corrected chi connectivity index (χ3v) is 5.58. The summed E-state index contributed by atoms with van der Waals surface area (Å²) in [5, 5.41) is 7.78. The average Bonchev–Trinajstić information content (AvgIpc) is 3.35. The molecule has 2 aliphatic rings. The zero-order valence-electron chi connectivity index (χ0n) is 15.8. The number of nitrogens with one attached hydrogen (secondary N) is 1. The molecule has 2 unspecified atom stereocenters. The molecule has 148 valence electrons. The standard InChI is InChI=1S/C20H24FN5O2/c1-24(18-9-11-25(20(18)28)17-7-3-2-6-15(17)21)19(27)16-8-12-26(23-16)14-5-4-10-22-13-14/h2-3,6-8,12,14,18,22H,4-5,9-11,13H2,1H3. The summed E-state index contributed by atoms with van der Waals surface area (Å²) in [4.78, 5) is 28.5. The zero-order chi connectivity index (χ0) is 19.7. The Hall–Kier alpha value is -2.74. The first-order valence-corrected chi connectivity index (χ1v) is 9.65. The highest BCUT2D eigenvalue weighted by Crippen LogP contribution is 2.27. The molecular weight excluding hydrogens is 361 g/mol. The molecule has 0 bridgehead atoms. The number of carbonyl (C=O) groups excluding carboxylic acids is 2. The lowest BCUT2D eigenvalue weighted by molar-refractivity contribution is -0.120. The van der Waals surface area contributed by atoms with Gasteiger partial charge < -0.3 is 15.1 Å². The summed E-state index contributed by atoms with van der Waals surface area (Å²) in [7, 11) is 1.61. The molecule has 2 aromatic rings. The summed E-state index contributed by atoms with van der Waals surface area (Å²) in [5.41, 5.74) is 0.579. The van der Waals surface area contributed by atoms with Gasteiger partial charge in [0, 0.05) is 26.3 Å². The number of hydrogen-bond acceptors (Lipinski definition) is 4. The molecule has 2 amide bonds. The molecule has 28 heavy (non-hydrogen) atoms. The highest BCUT2D eigenvalue weighted by atomic mass is 19.1. The van der Waals surface area contributed by atoms with Crippen molar-refractivity contribution in [2.45, 2.75) is 31.3 Å². The van der Waals surface area contributed by atoms with Crippen LogP contribution in [0, 0.1) is 5.82 Å². The highest BCUT2D eigenvalue weighted by Gasteiger charge is 2.38. The lowest BCUT2D eigenvalue weighted by atomic mass is 10.1. The summed E-state index contributed by atoms with van der Waals surface area (Å²) < 4.78 is 15.9. The van der Waals surface area contributed by atoms with E-state index in [1.165, 1.54) is 15.9 Å². The van der Waals surface area contributed by atoms with E-state index in [4.69, 9.17) is 0 Å². The minimum absolute atomic E-state index is 0.241. The molecule has 0 aliphatic carbocycles. The van der Waals surface area contributed by atoms with Crippen LogP contribution in [-0.2, 0) is 4.79 Å². The predicted octanol–water partition coefficient (Wildman–Crippen LogP) is 1.82. The molecule has 7 nitrogen and oxygen atoms in total. The SMILES string of the molecule is CN(C(=O)c1ccn(C2CCCNC2)n1)C1CCN(c2ccccc2F)C1=O. The third-order valence-electron chi connectivity index (χ3n) is 5.58. The lowest BCUT2D eigenvalue weighted by Gasteiger charge is -2.24. The van der Waals surface area contributed by atoms with Crippen LogP contribution in [0.5, 0.6) is 0 Å². The highest BCUT2D eigenvalue weighted by molar-refractivity contribution is 6.03. The number of amides is 2. The van der Waals surface area contributed by atoms with Crippen LogP contribution in [0.15, 0.2) is 36.5 Å². The molecule has 0 radical (unpaired) electrons. The van der Waals surface area contributed by atoms with E-state index in [1.807, 2.05) is 10.9 Å². The van der Waals surface area contributed by atoms with Crippen molar-refractivity contribution < 1.29 is 14.0 Å². The van der Waals surface area contributed by atoms with E-state index in [-0.39, 0.29) is 23.5 Å². The smallest absolute Gasteiger partial charge is 0.274 e. The molecule has 0 spiro atoms. The van der Waals surface area contributed by atoms with E-state index in [2.05, 4.69) is 10.4 Å². The van der Waals surface area contributed by atoms with Crippen molar-refractivity contribution in [2.24, 2.45) is 0 Å². The summed E-state index contributed by atoms with van der Waals surface area (Å²) in [5.74, 6) is -1.00. The number of likely N-dealkylation sites (N-methyl/N-ethyl adjacent to an activating group) is 1. The first-order chi connectivity index (χ1) is 13.6. The molecular formula is C20H24FN5O2. The Kier molecular flexibility index (Phi) is 5.13. The van der Waals surface area contributed by atoms with E-state index in [0.29, 0.717) is 18.7 Å². The van der Waals surface area contributed by atoms with Crippen LogP contribution < -0.4 is 10.2 Å². The topological polar surface area (TPSA) is 70.5 Å². The van der Waals surface area contributed by atoms with Gasteiger partial charge in [-0.25, -0.2) is 4.39 Å². The normalized spacial score (nSPS) is 22.5. The molecule has 2 aliphatic heterocycles. The molecule has 3 heterocycles. The van der Waals surface area contributed by atoms with Gasteiger partial charge >= 0.3 is 0 Å². The average molecular weight is 385 g/mol. The van der Waals surface area contributed by atoms with Gasteiger partial charge in [-0.05, 0) is 44.0 Å². The second-order valence-electron chi connectivity index (χ2n) is 7.34. The number of nitrogens with zero attached hydrogens (tertiary/aromatic N) is 4. The first kappa shape index (κ1) is 18.6. The monoisotopic (exact) mass is 385 g/mol. The van der Waals surface area contributed by atoms with Crippen LogP contribution in [-0.4, -0.2) is 59.2 Å². The number of carbonyl (C=O) groups is 2. The van der Waals surface area contributed by atoms with Gasteiger partial charge in [0.2, 0.25) is 5.91 Å². The van der Waals surface area contributed by atoms with E-state index in [1.54, 1.807) is 31.3 Å². The summed E-state index contributed by atoms with van der Waals surface area (Å²) in [6.45, 7) is 2.22. The van der Waals surface area contributed by atoms with Gasteiger partial charge in [0.1, 0.15) is 17.6 Å². The Bertz CT molecular complexity index is 877. The van der Waals surface area contributed by atoms with Crippen LogP contribution in [0.2, 0.25) is 0 Å². The minimum Gasteiger partial charge on any atom is -0.328 e. The van der Waals surface area contributed by atoms with Crippen LogP contribution in [0.1, 0.15) is 35.8 Å². The van der Waals surface area contributed by atoms with Crippen LogP contribution in [0.3, 0.4) is 0 Å². The molecule has 4 rings (SSSR count).